The molecule has 1 atom stereocenters. The van der Waals surface area contributed by atoms with Gasteiger partial charge >= 0.3 is 0 Å². The molecule has 3 heterocycles. The molecule has 2 saturated heterocycles. The van der Waals surface area contributed by atoms with Crippen LogP contribution in [-0.4, -0.2) is 65.5 Å². The van der Waals surface area contributed by atoms with Gasteiger partial charge in [-0.2, -0.15) is 0 Å². The number of nitrogens with one attached hydrogen (secondary N) is 1. The second kappa shape index (κ2) is 9.67. The molecule has 2 aliphatic heterocycles. The molecule has 0 aromatic carbocycles. The first kappa shape index (κ1) is 20.3. The topological polar surface area (TPSA) is 74.8 Å². The van der Waals surface area contributed by atoms with Gasteiger partial charge in [-0.1, -0.05) is 31.7 Å². The quantitative estimate of drug-likeness (QED) is 0.769. The Morgan fingerprint density at radius 1 is 1.14 bits per heavy atom. The van der Waals surface area contributed by atoms with E-state index in [9.17, 15) is 9.59 Å². The van der Waals surface area contributed by atoms with Crippen molar-refractivity contribution >= 4 is 17.6 Å². The van der Waals surface area contributed by atoms with E-state index < -0.39 is 0 Å². The molecule has 7 heteroatoms. The molecular formula is C22H32N4O3. The third-order valence-electron chi connectivity index (χ3n) is 6.38. The van der Waals surface area contributed by atoms with Gasteiger partial charge in [0, 0.05) is 44.8 Å². The van der Waals surface area contributed by atoms with Gasteiger partial charge in [0.25, 0.3) is 0 Å². The fourth-order valence-electron chi connectivity index (χ4n) is 4.67. The molecule has 2 amide bonds. The molecule has 0 bridgehead atoms. The van der Waals surface area contributed by atoms with Crippen LogP contribution in [0.5, 0.6) is 0 Å². The fourth-order valence-corrected chi connectivity index (χ4v) is 4.67. The van der Waals surface area contributed by atoms with E-state index in [1.165, 1.54) is 25.7 Å². The van der Waals surface area contributed by atoms with E-state index in [2.05, 4.69) is 15.2 Å². The summed E-state index contributed by atoms with van der Waals surface area (Å²) in [6.07, 6.45) is 9.18. The Balaban J connectivity index is 1.29. The van der Waals surface area contributed by atoms with Crippen LogP contribution in [-0.2, 0) is 20.9 Å². The minimum absolute atomic E-state index is 0.0945. The predicted octanol–water partition coefficient (Wildman–Crippen LogP) is 2.42. The van der Waals surface area contributed by atoms with Gasteiger partial charge < -0.3 is 15.0 Å². The number of morpholine rings is 1. The van der Waals surface area contributed by atoms with Crippen LogP contribution in [0.2, 0.25) is 0 Å². The van der Waals surface area contributed by atoms with Crippen LogP contribution in [0.4, 0.5) is 5.82 Å². The highest BCUT2D eigenvalue weighted by Gasteiger charge is 2.37. The molecule has 1 saturated carbocycles. The molecule has 1 aromatic heterocycles. The Kier molecular flexibility index (Phi) is 6.77. The summed E-state index contributed by atoms with van der Waals surface area (Å²) in [5, 5.41) is 2.91. The largest absolute Gasteiger partial charge is 0.379 e. The highest BCUT2D eigenvalue weighted by Crippen LogP contribution is 2.28. The number of rotatable bonds is 5. The molecule has 1 aliphatic carbocycles. The molecule has 0 radical (unpaired) electrons. The van der Waals surface area contributed by atoms with Crippen molar-refractivity contribution in [3.05, 3.63) is 23.9 Å². The third kappa shape index (κ3) is 5.34. The summed E-state index contributed by atoms with van der Waals surface area (Å²) >= 11 is 0. The maximum absolute atomic E-state index is 12.7. The number of hydrogen-bond donors (Lipinski definition) is 1. The Morgan fingerprint density at radius 3 is 2.59 bits per heavy atom. The molecule has 1 aromatic rings. The first-order chi connectivity index (χ1) is 14.2. The van der Waals surface area contributed by atoms with Gasteiger partial charge in [0.05, 0.1) is 19.1 Å². The summed E-state index contributed by atoms with van der Waals surface area (Å²) < 4.78 is 5.38. The number of pyridine rings is 1. The lowest BCUT2D eigenvalue weighted by Gasteiger charge is -2.27. The SMILES string of the molecule is O=C(Nc1ccc(CN2CCOCC2)cn1)[C@@H]1CC(=O)N(C2CCCCCC2)C1. The van der Waals surface area contributed by atoms with Gasteiger partial charge in [-0.05, 0) is 24.5 Å². The second-order valence-electron chi connectivity index (χ2n) is 8.52. The van der Waals surface area contributed by atoms with E-state index in [0.29, 0.717) is 24.8 Å². The summed E-state index contributed by atoms with van der Waals surface area (Å²) in [7, 11) is 0. The smallest absolute Gasteiger partial charge is 0.230 e. The average Bonchev–Trinajstić information content (AvgIpc) is 2.94. The number of hydrogen-bond acceptors (Lipinski definition) is 5. The molecule has 7 nitrogen and oxygen atoms in total. The number of carbonyl (C=O) groups excluding carboxylic acids is 2. The summed E-state index contributed by atoms with van der Waals surface area (Å²) in [5.74, 6) is 0.315. The molecule has 3 aliphatic rings. The molecular weight excluding hydrogens is 368 g/mol. The van der Waals surface area contributed by atoms with E-state index >= 15 is 0 Å². The van der Waals surface area contributed by atoms with Crippen molar-refractivity contribution in [2.45, 2.75) is 57.5 Å². The van der Waals surface area contributed by atoms with E-state index in [1.54, 1.807) is 0 Å². The minimum Gasteiger partial charge on any atom is -0.379 e. The number of anilines is 1. The zero-order valence-electron chi connectivity index (χ0n) is 17.1. The van der Waals surface area contributed by atoms with Crippen LogP contribution in [0, 0.1) is 5.92 Å². The maximum atomic E-state index is 12.7. The Labute approximate surface area is 172 Å². The van der Waals surface area contributed by atoms with Gasteiger partial charge in [-0.3, -0.25) is 14.5 Å². The van der Waals surface area contributed by atoms with Crippen molar-refractivity contribution in [1.29, 1.82) is 0 Å². The van der Waals surface area contributed by atoms with Gasteiger partial charge in [0.2, 0.25) is 11.8 Å². The number of likely N-dealkylation sites (tertiary alicyclic amines) is 1. The van der Waals surface area contributed by atoms with Crippen LogP contribution in [0.15, 0.2) is 18.3 Å². The van der Waals surface area contributed by atoms with Crippen LogP contribution in [0.1, 0.15) is 50.5 Å². The first-order valence-corrected chi connectivity index (χ1v) is 11.0. The lowest BCUT2D eigenvalue weighted by atomic mass is 10.1. The predicted molar refractivity (Wildman–Crippen MR) is 110 cm³/mol. The monoisotopic (exact) mass is 400 g/mol. The summed E-state index contributed by atoms with van der Waals surface area (Å²) in [6, 6.07) is 4.18. The fraction of sp³-hybridized carbons (Fsp3) is 0.682. The van der Waals surface area contributed by atoms with E-state index in [0.717, 1.165) is 51.3 Å². The summed E-state index contributed by atoms with van der Waals surface area (Å²) in [4.78, 5) is 33.9. The third-order valence-corrected chi connectivity index (χ3v) is 6.38. The van der Waals surface area contributed by atoms with Gasteiger partial charge in [0.1, 0.15) is 5.82 Å². The van der Waals surface area contributed by atoms with Crippen LogP contribution in [0.25, 0.3) is 0 Å². The lowest BCUT2D eigenvalue weighted by Crippen LogP contribution is -2.37. The number of nitrogens with zero attached hydrogens (tertiary/aromatic N) is 3. The Hall–Kier alpha value is -1.99. The number of ether oxygens (including phenoxy) is 1. The highest BCUT2D eigenvalue weighted by atomic mass is 16.5. The van der Waals surface area contributed by atoms with Gasteiger partial charge in [0.15, 0.2) is 0 Å². The van der Waals surface area contributed by atoms with Crippen molar-refractivity contribution in [1.82, 2.24) is 14.8 Å². The molecule has 1 N–H and O–H groups in total. The van der Waals surface area contributed by atoms with Crippen molar-refractivity contribution in [3.8, 4) is 0 Å². The number of carbonyl (C=O) groups is 2. The molecule has 158 valence electrons. The Bertz CT molecular complexity index is 695. The zero-order valence-corrected chi connectivity index (χ0v) is 17.1. The maximum Gasteiger partial charge on any atom is 0.230 e. The standard InChI is InChI=1S/C22H32N4O3/c27-21-13-18(16-26(21)19-5-3-1-2-4-6-19)22(28)24-20-8-7-17(14-23-20)15-25-9-11-29-12-10-25/h7-8,14,18-19H,1-6,9-13,15-16H2,(H,23,24,28)/t18-/m1/s1. The second-order valence-corrected chi connectivity index (χ2v) is 8.52. The van der Waals surface area contributed by atoms with Crippen molar-refractivity contribution in [3.63, 3.8) is 0 Å². The van der Waals surface area contributed by atoms with Crippen LogP contribution in [0.3, 0.4) is 0 Å². The van der Waals surface area contributed by atoms with Gasteiger partial charge in [-0.25, -0.2) is 4.98 Å². The summed E-state index contributed by atoms with van der Waals surface area (Å²) in [5.41, 5.74) is 1.13. The molecule has 4 rings (SSSR count). The van der Waals surface area contributed by atoms with E-state index in [1.807, 2.05) is 23.2 Å². The molecule has 3 fully saturated rings. The minimum atomic E-state index is -0.277. The average molecular weight is 401 g/mol. The van der Waals surface area contributed by atoms with Crippen molar-refractivity contribution in [2.75, 3.05) is 38.2 Å². The van der Waals surface area contributed by atoms with Crippen LogP contribution < -0.4 is 5.32 Å². The molecule has 0 unspecified atom stereocenters. The highest BCUT2D eigenvalue weighted by molar-refractivity contribution is 5.96. The lowest BCUT2D eigenvalue weighted by molar-refractivity contribution is -0.130. The number of aromatic nitrogens is 1. The van der Waals surface area contributed by atoms with E-state index in [4.69, 9.17) is 4.74 Å². The summed E-state index contributed by atoms with van der Waals surface area (Å²) in [6.45, 7) is 4.82. The molecule has 29 heavy (non-hydrogen) atoms. The zero-order chi connectivity index (χ0) is 20.1. The first-order valence-electron chi connectivity index (χ1n) is 11.0. The van der Waals surface area contributed by atoms with Gasteiger partial charge in [-0.15, -0.1) is 0 Å². The Morgan fingerprint density at radius 2 is 1.90 bits per heavy atom. The number of amides is 2. The normalized spacial score (nSPS) is 24.5. The van der Waals surface area contributed by atoms with Crippen molar-refractivity contribution < 1.29 is 14.3 Å². The van der Waals surface area contributed by atoms with Crippen LogP contribution >= 0.6 is 0 Å². The molecule has 0 spiro atoms. The van der Waals surface area contributed by atoms with E-state index in [-0.39, 0.29) is 17.7 Å². The van der Waals surface area contributed by atoms with Crippen molar-refractivity contribution in [2.24, 2.45) is 5.92 Å².